The van der Waals surface area contributed by atoms with E-state index in [1.54, 1.807) is 23.0 Å². The molecule has 1 N–H and O–H groups in total. The van der Waals surface area contributed by atoms with E-state index in [1.807, 2.05) is 25.2 Å². The predicted octanol–water partition coefficient (Wildman–Crippen LogP) is 0.706. The van der Waals surface area contributed by atoms with Gasteiger partial charge in [-0.2, -0.15) is 17.0 Å². The topological polar surface area (TPSA) is 121 Å². The molecule has 0 aromatic carbocycles. The van der Waals surface area contributed by atoms with Crippen molar-refractivity contribution >= 4 is 51.0 Å². The Hall–Kier alpha value is -1.74. The average Bonchev–Trinajstić information content (AvgIpc) is 3.61. The lowest BCUT2D eigenvalue weighted by Crippen LogP contribution is -2.54. The second-order valence-electron chi connectivity index (χ2n) is 11.3. The summed E-state index contributed by atoms with van der Waals surface area (Å²) >= 11 is 13.3. The number of amides is 2. The van der Waals surface area contributed by atoms with Crippen LogP contribution in [0.2, 0.25) is 0 Å². The van der Waals surface area contributed by atoms with Gasteiger partial charge in [-0.3, -0.25) is 9.59 Å². The molecule has 3 unspecified atom stereocenters. The van der Waals surface area contributed by atoms with Crippen LogP contribution in [-0.2, 0) is 19.8 Å². The van der Waals surface area contributed by atoms with Crippen LogP contribution in [-0.4, -0.2) is 150 Å². The van der Waals surface area contributed by atoms with Crippen molar-refractivity contribution in [2.75, 3.05) is 84.5 Å². The van der Waals surface area contributed by atoms with Crippen molar-refractivity contribution in [2.24, 2.45) is 5.92 Å². The quantitative estimate of drug-likeness (QED) is 0.260. The fraction of sp³-hybridized carbons (Fsp3) is 0.741. The highest BCUT2D eigenvalue weighted by atomic mass is 35.5. The smallest absolute Gasteiger partial charge is 0.284 e. The zero-order chi connectivity index (χ0) is 30.4. The number of piperazine rings is 1. The van der Waals surface area contributed by atoms with Crippen LogP contribution in [0, 0.1) is 5.92 Å². The largest absolute Gasteiger partial charge is 0.396 e. The molecule has 12 nitrogen and oxygen atoms in total. The molecule has 1 aromatic heterocycles. The normalized spacial score (nSPS) is 25.9. The van der Waals surface area contributed by atoms with E-state index in [1.165, 1.54) is 4.31 Å². The van der Waals surface area contributed by atoms with Crippen LogP contribution >= 0.6 is 23.2 Å². The maximum atomic E-state index is 13.8. The first-order valence-electron chi connectivity index (χ1n) is 14.6. The Kier molecular flexibility index (Phi) is 11.7. The third kappa shape index (κ3) is 7.48. The number of carbonyl (C=O) groups excluding carboxylic acids is 2. The van der Waals surface area contributed by atoms with Crippen molar-refractivity contribution in [3.05, 3.63) is 24.4 Å². The van der Waals surface area contributed by atoms with Gasteiger partial charge in [0.2, 0.25) is 11.8 Å². The lowest BCUT2D eigenvalue weighted by molar-refractivity contribution is -0.135. The standard InChI is InChI=1S/C27H43Cl2N7O5S/c1-31(12-7-19-37)11-6-13-32(2)26(38)22-8-5-14-35(22)42(40,41)36-20-21(28)24(25(36)29)27(39)34-17-15-33(16-18-34)23-9-3-4-10-30-23/h3-4,9-10,21-22,24-25,37H,5-8,11-20H2,1-2H3/t21?,22-,24?,25?/m0/s1. The third-order valence-corrected chi connectivity index (χ3v) is 11.4. The number of halogens is 2. The summed E-state index contributed by atoms with van der Waals surface area (Å²) in [6.45, 7) is 4.37. The zero-order valence-corrected chi connectivity index (χ0v) is 26.7. The number of carbonyl (C=O) groups is 2. The van der Waals surface area contributed by atoms with Crippen LogP contribution in [0.15, 0.2) is 24.4 Å². The Bertz CT molecular complexity index is 1160. The van der Waals surface area contributed by atoms with E-state index in [9.17, 15) is 18.0 Å². The van der Waals surface area contributed by atoms with Gasteiger partial charge in [-0.1, -0.05) is 6.07 Å². The minimum absolute atomic E-state index is 0.101. The SMILES string of the molecule is CN(CCCO)CCCN(C)C(=O)[C@@H]1CCCN1S(=O)(=O)N1CC(Cl)C(C(=O)N2CCN(c3ccccn3)CC2)C1Cl. The van der Waals surface area contributed by atoms with E-state index in [0.717, 1.165) is 29.6 Å². The number of pyridine rings is 1. The van der Waals surface area contributed by atoms with E-state index >= 15 is 0 Å². The molecule has 3 aliphatic rings. The first-order chi connectivity index (χ1) is 20.1. The van der Waals surface area contributed by atoms with Crippen molar-refractivity contribution in [2.45, 2.75) is 42.6 Å². The maximum absolute atomic E-state index is 13.8. The van der Waals surface area contributed by atoms with Gasteiger partial charge in [0, 0.05) is 72.2 Å². The molecule has 3 fully saturated rings. The van der Waals surface area contributed by atoms with Crippen molar-refractivity contribution < 1.29 is 23.1 Å². The summed E-state index contributed by atoms with van der Waals surface area (Å²) in [6.07, 6.45) is 4.13. The van der Waals surface area contributed by atoms with Gasteiger partial charge >= 0.3 is 0 Å². The lowest BCUT2D eigenvalue weighted by Gasteiger charge is -2.37. The van der Waals surface area contributed by atoms with Crippen LogP contribution in [0.5, 0.6) is 0 Å². The third-order valence-electron chi connectivity index (χ3n) is 8.35. The van der Waals surface area contributed by atoms with E-state index in [0.29, 0.717) is 52.0 Å². The number of aliphatic hydroxyl groups excluding tert-OH is 1. The highest BCUT2D eigenvalue weighted by Gasteiger charge is 2.53. The summed E-state index contributed by atoms with van der Waals surface area (Å²) < 4.78 is 30.0. The minimum atomic E-state index is -4.15. The molecule has 1 aromatic rings. The first kappa shape index (κ1) is 33.2. The molecule has 0 bridgehead atoms. The molecule has 2 amide bonds. The van der Waals surface area contributed by atoms with Gasteiger partial charge < -0.3 is 24.7 Å². The summed E-state index contributed by atoms with van der Waals surface area (Å²) in [5.74, 6) is -0.558. The Balaban J connectivity index is 1.35. The van der Waals surface area contributed by atoms with Gasteiger partial charge in [-0.15, -0.1) is 23.2 Å². The van der Waals surface area contributed by atoms with Gasteiger partial charge in [-0.05, 0) is 51.4 Å². The molecule has 15 heteroatoms. The van der Waals surface area contributed by atoms with Crippen molar-refractivity contribution in [1.82, 2.24) is 28.3 Å². The fourth-order valence-corrected chi connectivity index (χ4v) is 9.03. The number of rotatable bonds is 12. The number of hydrogen-bond donors (Lipinski definition) is 1. The van der Waals surface area contributed by atoms with Gasteiger partial charge in [0.15, 0.2) is 0 Å². The number of nitrogens with zero attached hydrogens (tertiary/aromatic N) is 7. The maximum Gasteiger partial charge on any atom is 0.284 e. The molecule has 4 heterocycles. The Labute approximate surface area is 259 Å². The molecule has 0 spiro atoms. The second kappa shape index (κ2) is 14.8. The molecule has 4 atom stereocenters. The summed E-state index contributed by atoms with van der Waals surface area (Å²) in [7, 11) is -0.496. The highest BCUT2D eigenvalue weighted by Crippen LogP contribution is 2.38. The minimum Gasteiger partial charge on any atom is -0.396 e. The summed E-state index contributed by atoms with van der Waals surface area (Å²) in [4.78, 5) is 38.7. The molecule has 236 valence electrons. The molecule has 0 radical (unpaired) electrons. The number of likely N-dealkylation sites (N-methyl/N-ethyl adjacent to an activating group) is 1. The fourth-order valence-electron chi connectivity index (χ4n) is 5.93. The van der Waals surface area contributed by atoms with Crippen LogP contribution < -0.4 is 4.90 Å². The van der Waals surface area contributed by atoms with Gasteiger partial charge in [-0.25, -0.2) is 4.98 Å². The summed E-state index contributed by atoms with van der Waals surface area (Å²) in [6, 6.07) is 4.88. The number of hydrogen-bond acceptors (Lipinski definition) is 8. The molecular weight excluding hydrogens is 605 g/mol. The average molecular weight is 649 g/mol. The number of aromatic nitrogens is 1. The van der Waals surface area contributed by atoms with Crippen LogP contribution in [0.4, 0.5) is 5.82 Å². The van der Waals surface area contributed by atoms with Crippen LogP contribution in [0.1, 0.15) is 25.7 Å². The highest BCUT2D eigenvalue weighted by molar-refractivity contribution is 7.86. The van der Waals surface area contributed by atoms with Crippen LogP contribution in [0.3, 0.4) is 0 Å². The summed E-state index contributed by atoms with van der Waals surface area (Å²) in [5.41, 5.74) is -1.15. The van der Waals surface area contributed by atoms with Crippen LogP contribution in [0.25, 0.3) is 0 Å². The Morgan fingerprint density at radius 3 is 2.40 bits per heavy atom. The Morgan fingerprint density at radius 2 is 1.74 bits per heavy atom. The molecule has 42 heavy (non-hydrogen) atoms. The second-order valence-corrected chi connectivity index (χ2v) is 14.1. The van der Waals surface area contributed by atoms with E-state index in [4.69, 9.17) is 28.3 Å². The number of aliphatic hydroxyl groups is 1. The molecule has 3 saturated heterocycles. The van der Waals surface area contributed by atoms with E-state index < -0.39 is 33.0 Å². The molecule has 0 saturated carbocycles. The number of alkyl halides is 2. The van der Waals surface area contributed by atoms with E-state index in [-0.39, 0.29) is 31.5 Å². The first-order valence-corrected chi connectivity index (χ1v) is 16.9. The number of anilines is 1. The van der Waals surface area contributed by atoms with E-state index in [2.05, 4.69) is 14.8 Å². The molecular formula is C27H43Cl2N7O5S. The van der Waals surface area contributed by atoms with Gasteiger partial charge in [0.1, 0.15) is 17.4 Å². The molecule has 4 rings (SSSR count). The van der Waals surface area contributed by atoms with Gasteiger partial charge in [0.25, 0.3) is 10.2 Å². The monoisotopic (exact) mass is 647 g/mol. The summed E-state index contributed by atoms with van der Waals surface area (Å²) in [5, 5.41) is 8.21. The Morgan fingerprint density at radius 1 is 1.02 bits per heavy atom. The van der Waals surface area contributed by atoms with Gasteiger partial charge in [0.05, 0.1) is 11.3 Å². The molecule has 0 aliphatic carbocycles. The molecule has 3 aliphatic heterocycles. The van der Waals surface area contributed by atoms with Crippen molar-refractivity contribution in [1.29, 1.82) is 0 Å². The van der Waals surface area contributed by atoms with Crippen molar-refractivity contribution in [3.8, 4) is 0 Å². The lowest BCUT2D eigenvalue weighted by atomic mass is 10.1. The zero-order valence-electron chi connectivity index (χ0n) is 24.4. The predicted molar refractivity (Wildman–Crippen MR) is 163 cm³/mol. The van der Waals surface area contributed by atoms with Crippen molar-refractivity contribution in [3.63, 3.8) is 0 Å².